The van der Waals surface area contributed by atoms with Crippen LogP contribution in [0.2, 0.25) is 0 Å². The number of piperazine rings is 1. The molecule has 3 aliphatic heterocycles. The summed E-state index contributed by atoms with van der Waals surface area (Å²) in [7, 11) is 3.34. The highest BCUT2D eigenvalue weighted by molar-refractivity contribution is 5.95. The zero-order chi connectivity index (χ0) is 30.2. The number of piperidine rings is 1. The van der Waals surface area contributed by atoms with E-state index in [1.807, 2.05) is 35.5 Å². The second-order valence-corrected chi connectivity index (χ2v) is 11.9. The van der Waals surface area contributed by atoms with Gasteiger partial charge in [-0.3, -0.25) is 4.79 Å². The third kappa shape index (κ3) is 5.19. The van der Waals surface area contributed by atoms with Crippen LogP contribution in [0.3, 0.4) is 0 Å². The molecule has 2 atom stereocenters. The molecule has 4 fully saturated rings. The average molecular weight is 594 g/mol. The van der Waals surface area contributed by atoms with E-state index in [0.29, 0.717) is 41.4 Å². The van der Waals surface area contributed by atoms with Crippen LogP contribution in [-0.2, 0) is 4.74 Å². The predicted molar refractivity (Wildman–Crippen MR) is 163 cm³/mol. The van der Waals surface area contributed by atoms with Gasteiger partial charge in [-0.2, -0.15) is 10.4 Å². The van der Waals surface area contributed by atoms with E-state index in [1.165, 1.54) is 0 Å². The molecule has 226 valence electrons. The lowest BCUT2D eigenvalue weighted by atomic mass is 9.86. The Bertz CT molecular complexity index is 1680. The smallest absolute Gasteiger partial charge is 0.256 e. The fraction of sp³-hybridized carbons (Fsp3) is 0.424. The van der Waals surface area contributed by atoms with Crippen molar-refractivity contribution in [1.82, 2.24) is 24.5 Å². The number of methoxy groups -OCH3 is 2. The number of pyridine rings is 3. The summed E-state index contributed by atoms with van der Waals surface area (Å²) >= 11 is 0. The van der Waals surface area contributed by atoms with Gasteiger partial charge in [-0.05, 0) is 62.3 Å². The quantitative estimate of drug-likeness (QED) is 0.294. The first-order valence-electron chi connectivity index (χ1n) is 15.2. The molecule has 4 aromatic rings. The molecule has 2 unspecified atom stereocenters. The molecule has 4 aliphatic rings. The van der Waals surface area contributed by atoms with Crippen LogP contribution >= 0.6 is 0 Å². The Balaban J connectivity index is 1.06. The van der Waals surface area contributed by atoms with Crippen molar-refractivity contribution >= 4 is 17.2 Å². The van der Waals surface area contributed by atoms with E-state index < -0.39 is 0 Å². The highest BCUT2D eigenvalue weighted by Gasteiger charge is 2.47. The number of ether oxygens (including phenoxy) is 3. The molecule has 2 bridgehead atoms. The van der Waals surface area contributed by atoms with Crippen LogP contribution in [0.1, 0.15) is 48.0 Å². The van der Waals surface area contributed by atoms with E-state index in [9.17, 15) is 10.1 Å². The SMILES string of the molecule is COc1ccc(C(=O)N2C3CC2CN(c2ccc(-c4cc(OCC5CCC(OC)CC5)cn5ncc(C#N)c45)cn2)C3)cn1. The minimum atomic E-state index is 0.00670. The van der Waals surface area contributed by atoms with Gasteiger partial charge in [0, 0.05) is 49.8 Å². The minimum absolute atomic E-state index is 0.00670. The molecule has 11 nitrogen and oxygen atoms in total. The zero-order valence-electron chi connectivity index (χ0n) is 24.9. The number of nitriles is 1. The number of amides is 1. The number of nitrogens with zero attached hydrogens (tertiary/aromatic N) is 7. The van der Waals surface area contributed by atoms with Crippen LogP contribution < -0.4 is 14.4 Å². The van der Waals surface area contributed by atoms with Gasteiger partial charge < -0.3 is 24.0 Å². The molecule has 0 spiro atoms. The predicted octanol–water partition coefficient (Wildman–Crippen LogP) is 4.36. The zero-order valence-corrected chi connectivity index (χ0v) is 24.9. The van der Waals surface area contributed by atoms with Crippen molar-refractivity contribution < 1.29 is 19.0 Å². The van der Waals surface area contributed by atoms with E-state index in [2.05, 4.69) is 21.1 Å². The van der Waals surface area contributed by atoms with Gasteiger partial charge in [0.2, 0.25) is 5.88 Å². The summed E-state index contributed by atoms with van der Waals surface area (Å²) in [5.41, 5.74) is 3.54. The van der Waals surface area contributed by atoms with E-state index in [0.717, 1.165) is 67.7 Å². The van der Waals surface area contributed by atoms with Gasteiger partial charge in [0.15, 0.2) is 0 Å². The number of aromatic nitrogens is 4. The third-order valence-electron chi connectivity index (χ3n) is 9.32. The van der Waals surface area contributed by atoms with Gasteiger partial charge in [0.05, 0.1) is 60.9 Å². The van der Waals surface area contributed by atoms with Crippen molar-refractivity contribution in [2.45, 2.75) is 50.3 Å². The van der Waals surface area contributed by atoms with Gasteiger partial charge >= 0.3 is 0 Å². The maximum absolute atomic E-state index is 13.2. The van der Waals surface area contributed by atoms with Crippen molar-refractivity contribution in [3.05, 3.63) is 66.2 Å². The Labute approximate surface area is 256 Å². The molecule has 0 N–H and O–H groups in total. The van der Waals surface area contributed by atoms with Crippen LogP contribution in [0, 0.1) is 17.2 Å². The average Bonchev–Trinajstić information content (AvgIpc) is 3.50. The summed E-state index contributed by atoms with van der Waals surface area (Å²) in [6.45, 7) is 2.08. The summed E-state index contributed by atoms with van der Waals surface area (Å²) in [5.74, 6) is 2.57. The molecule has 8 rings (SSSR count). The van der Waals surface area contributed by atoms with Crippen molar-refractivity contribution in [2.24, 2.45) is 5.92 Å². The molecule has 44 heavy (non-hydrogen) atoms. The Morgan fingerprint density at radius 3 is 2.50 bits per heavy atom. The molecule has 11 heteroatoms. The Morgan fingerprint density at radius 2 is 1.84 bits per heavy atom. The van der Waals surface area contributed by atoms with Crippen molar-refractivity contribution in [3.8, 4) is 28.8 Å². The largest absolute Gasteiger partial charge is 0.492 e. The highest BCUT2D eigenvalue weighted by atomic mass is 16.5. The van der Waals surface area contributed by atoms with Crippen LogP contribution in [0.15, 0.2) is 55.1 Å². The van der Waals surface area contributed by atoms with Crippen LogP contribution in [0.4, 0.5) is 5.82 Å². The molecule has 7 heterocycles. The first kappa shape index (κ1) is 28.1. The molecule has 0 radical (unpaired) electrons. The number of hydrogen-bond donors (Lipinski definition) is 0. The molecule has 0 aromatic carbocycles. The molecule has 1 aliphatic carbocycles. The first-order chi connectivity index (χ1) is 21.5. The van der Waals surface area contributed by atoms with Crippen LogP contribution in [0.5, 0.6) is 11.6 Å². The van der Waals surface area contributed by atoms with E-state index in [4.69, 9.17) is 19.2 Å². The summed E-state index contributed by atoms with van der Waals surface area (Å²) in [6.07, 6.45) is 12.5. The normalized spacial score (nSPS) is 22.8. The molecular weight excluding hydrogens is 558 g/mol. The van der Waals surface area contributed by atoms with Gasteiger partial charge in [-0.15, -0.1) is 0 Å². The van der Waals surface area contributed by atoms with E-state index in [-0.39, 0.29) is 18.0 Å². The maximum Gasteiger partial charge on any atom is 0.256 e. The van der Waals surface area contributed by atoms with Gasteiger partial charge in [0.25, 0.3) is 5.91 Å². The number of rotatable bonds is 8. The summed E-state index contributed by atoms with van der Waals surface area (Å²) < 4.78 is 18.6. The van der Waals surface area contributed by atoms with Gasteiger partial charge in [0.1, 0.15) is 17.6 Å². The summed E-state index contributed by atoms with van der Waals surface area (Å²) in [6, 6.07) is 12.1. The Morgan fingerprint density at radius 1 is 1.02 bits per heavy atom. The van der Waals surface area contributed by atoms with Crippen LogP contribution in [-0.4, -0.2) is 82.5 Å². The third-order valence-corrected chi connectivity index (χ3v) is 9.32. The summed E-state index contributed by atoms with van der Waals surface area (Å²) in [5, 5.41) is 14.2. The number of fused-ring (bicyclic) bond motifs is 3. The Kier molecular flexibility index (Phi) is 7.52. The highest BCUT2D eigenvalue weighted by Crippen LogP contribution is 2.37. The lowest BCUT2D eigenvalue weighted by Gasteiger charge is -2.56. The maximum atomic E-state index is 13.2. The van der Waals surface area contributed by atoms with Gasteiger partial charge in [-0.25, -0.2) is 14.5 Å². The lowest BCUT2D eigenvalue weighted by Crippen LogP contribution is -2.70. The standard InChI is InChI=1S/C33H35N7O4/c1-42-27-7-3-21(4-8-27)20-44-28-12-29(32-24(13-34)16-37-39(32)19-28)22-5-9-30(35-14-22)38-17-25-11-26(18-38)40(25)33(41)23-6-10-31(43-2)36-15-23/h5-6,9-10,12,14-16,19,21,25-27H,3-4,7-8,11,17-18,20H2,1-2H3. The molecule has 1 amide bonds. The topological polar surface area (TPSA) is 118 Å². The summed E-state index contributed by atoms with van der Waals surface area (Å²) in [4.78, 5) is 26.4. The van der Waals surface area contributed by atoms with Gasteiger partial charge in [-0.1, -0.05) is 0 Å². The fourth-order valence-corrected chi connectivity index (χ4v) is 6.86. The second-order valence-electron chi connectivity index (χ2n) is 11.9. The van der Waals surface area contributed by atoms with Crippen LogP contribution in [0.25, 0.3) is 16.6 Å². The lowest BCUT2D eigenvalue weighted by molar-refractivity contribution is 0.00572. The number of carbonyl (C=O) groups excluding carboxylic acids is 1. The molecule has 1 saturated carbocycles. The minimum Gasteiger partial charge on any atom is -0.492 e. The monoisotopic (exact) mass is 593 g/mol. The van der Waals surface area contributed by atoms with Crippen molar-refractivity contribution in [1.29, 1.82) is 5.26 Å². The van der Waals surface area contributed by atoms with Crippen molar-refractivity contribution in [2.75, 3.05) is 38.8 Å². The molecular formula is C33H35N7O4. The molecule has 3 saturated heterocycles. The van der Waals surface area contributed by atoms with Crippen molar-refractivity contribution in [3.63, 3.8) is 0 Å². The number of carbonyl (C=O) groups is 1. The molecule has 4 aromatic heterocycles. The second kappa shape index (κ2) is 11.8. The number of hydrogen-bond acceptors (Lipinski definition) is 9. The van der Waals surface area contributed by atoms with E-state index in [1.54, 1.807) is 43.3 Å². The number of anilines is 1. The fourth-order valence-electron chi connectivity index (χ4n) is 6.86. The first-order valence-corrected chi connectivity index (χ1v) is 15.2. The van der Waals surface area contributed by atoms with E-state index >= 15 is 0 Å². The Hall–Kier alpha value is -4.69.